The number of aromatic nitrogens is 5. The number of aryl methyl sites for hydroxylation is 1. The zero-order chi connectivity index (χ0) is 22.5. The van der Waals surface area contributed by atoms with Crippen LogP contribution in [0.15, 0.2) is 49.2 Å². The smallest absolute Gasteiger partial charge is 0.232 e. The van der Waals surface area contributed by atoms with Crippen molar-refractivity contribution < 1.29 is 14.3 Å². The van der Waals surface area contributed by atoms with Crippen LogP contribution in [0, 0.1) is 11.3 Å². The lowest BCUT2D eigenvalue weighted by molar-refractivity contribution is -0.115. The minimum atomic E-state index is -0.243. The van der Waals surface area contributed by atoms with E-state index in [0.29, 0.717) is 45.2 Å². The van der Waals surface area contributed by atoms with Gasteiger partial charge in [-0.25, -0.2) is 9.97 Å². The highest BCUT2D eigenvalue weighted by molar-refractivity contribution is 5.91. The number of nitrogens with one attached hydrogen (secondary N) is 1. The van der Waals surface area contributed by atoms with Crippen LogP contribution in [0.4, 0.5) is 5.69 Å². The molecule has 0 atom stereocenters. The molecular weight excluding hydrogens is 410 g/mol. The standard InChI is InChI=1S/C22H19N7O3/c1-3-29-13-15(10-27-29)28-22(30)8-21-25-11-16(12-26-21)32-19-4-5-24-18-7-20(31-2)14(9-23)6-17(18)19/h4-7,10-13H,3,8H2,1-2H3,(H,28,30). The highest BCUT2D eigenvalue weighted by Crippen LogP contribution is 2.32. The summed E-state index contributed by atoms with van der Waals surface area (Å²) in [6.07, 6.45) is 7.94. The molecule has 0 bridgehead atoms. The van der Waals surface area contributed by atoms with Gasteiger partial charge in [0.15, 0.2) is 5.75 Å². The molecule has 0 radical (unpaired) electrons. The number of rotatable bonds is 7. The Morgan fingerprint density at radius 2 is 2.00 bits per heavy atom. The van der Waals surface area contributed by atoms with Crippen LogP contribution < -0.4 is 14.8 Å². The Labute approximate surface area is 183 Å². The van der Waals surface area contributed by atoms with Crippen LogP contribution in [0.3, 0.4) is 0 Å². The van der Waals surface area contributed by atoms with Crippen molar-refractivity contribution in [3.63, 3.8) is 0 Å². The number of pyridine rings is 1. The third-order valence-corrected chi connectivity index (χ3v) is 4.61. The molecule has 0 saturated heterocycles. The largest absolute Gasteiger partial charge is 0.495 e. The number of carbonyl (C=O) groups excluding carboxylic acids is 1. The average Bonchev–Trinajstić information content (AvgIpc) is 3.27. The van der Waals surface area contributed by atoms with Gasteiger partial charge in [0.1, 0.15) is 23.4 Å². The summed E-state index contributed by atoms with van der Waals surface area (Å²) < 4.78 is 12.9. The molecular formula is C22H19N7O3. The van der Waals surface area contributed by atoms with E-state index >= 15 is 0 Å². The molecule has 10 heteroatoms. The highest BCUT2D eigenvalue weighted by Gasteiger charge is 2.12. The van der Waals surface area contributed by atoms with E-state index in [1.54, 1.807) is 41.5 Å². The second kappa shape index (κ2) is 9.09. The first-order valence-corrected chi connectivity index (χ1v) is 9.77. The number of benzene rings is 1. The maximum Gasteiger partial charge on any atom is 0.232 e. The number of methoxy groups -OCH3 is 1. The zero-order valence-electron chi connectivity index (χ0n) is 17.4. The SMILES string of the molecule is CCn1cc(NC(=O)Cc2ncc(Oc3ccnc4cc(OC)c(C#N)cc34)cn2)cn1. The molecule has 0 spiro atoms. The summed E-state index contributed by atoms with van der Waals surface area (Å²) in [7, 11) is 1.50. The Hall–Kier alpha value is -4.52. The van der Waals surface area contributed by atoms with Crippen LogP contribution in [-0.2, 0) is 17.8 Å². The molecule has 1 aromatic carbocycles. The van der Waals surface area contributed by atoms with Gasteiger partial charge in [-0.1, -0.05) is 0 Å². The molecule has 3 heterocycles. The van der Waals surface area contributed by atoms with Crippen molar-refractivity contribution in [2.45, 2.75) is 19.9 Å². The maximum atomic E-state index is 12.2. The van der Waals surface area contributed by atoms with Gasteiger partial charge >= 0.3 is 0 Å². The van der Waals surface area contributed by atoms with E-state index in [2.05, 4.69) is 31.4 Å². The van der Waals surface area contributed by atoms with Gasteiger partial charge in [-0.2, -0.15) is 10.4 Å². The molecule has 10 nitrogen and oxygen atoms in total. The fraction of sp³-hybridized carbons (Fsp3) is 0.182. The second-order valence-electron chi connectivity index (χ2n) is 6.74. The van der Waals surface area contributed by atoms with Gasteiger partial charge < -0.3 is 14.8 Å². The zero-order valence-corrected chi connectivity index (χ0v) is 17.4. The second-order valence-corrected chi connectivity index (χ2v) is 6.74. The summed E-state index contributed by atoms with van der Waals surface area (Å²) in [5, 5.41) is 16.9. The first-order chi connectivity index (χ1) is 15.6. The van der Waals surface area contributed by atoms with Crippen LogP contribution in [0.25, 0.3) is 10.9 Å². The van der Waals surface area contributed by atoms with Gasteiger partial charge in [0, 0.05) is 30.4 Å². The van der Waals surface area contributed by atoms with Crippen LogP contribution in [0.1, 0.15) is 18.3 Å². The number of ether oxygens (including phenoxy) is 2. The number of hydrogen-bond donors (Lipinski definition) is 1. The quantitative estimate of drug-likeness (QED) is 0.475. The molecule has 160 valence electrons. The van der Waals surface area contributed by atoms with E-state index in [1.807, 2.05) is 6.92 Å². The summed E-state index contributed by atoms with van der Waals surface area (Å²) in [6.45, 7) is 2.68. The fourth-order valence-electron chi connectivity index (χ4n) is 3.06. The van der Waals surface area contributed by atoms with Gasteiger partial charge in [-0.05, 0) is 19.1 Å². The average molecular weight is 429 g/mol. The van der Waals surface area contributed by atoms with Gasteiger partial charge in [-0.15, -0.1) is 0 Å². The van der Waals surface area contributed by atoms with Crippen LogP contribution >= 0.6 is 0 Å². The molecule has 3 aromatic heterocycles. The third kappa shape index (κ3) is 4.46. The minimum Gasteiger partial charge on any atom is -0.495 e. The summed E-state index contributed by atoms with van der Waals surface area (Å²) in [6, 6.07) is 7.14. The first-order valence-electron chi connectivity index (χ1n) is 9.77. The molecule has 0 saturated carbocycles. The van der Waals surface area contributed by atoms with Crippen molar-refractivity contribution in [2.75, 3.05) is 12.4 Å². The van der Waals surface area contributed by atoms with Crippen molar-refractivity contribution >= 4 is 22.5 Å². The predicted molar refractivity (Wildman–Crippen MR) is 115 cm³/mol. The number of hydrogen-bond acceptors (Lipinski definition) is 8. The lowest BCUT2D eigenvalue weighted by Gasteiger charge is -2.10. The summed E-state index contributed by atoms with van der Waals surface area (Å²) >= 11 is 0. The lowest BCUT2D eigenvalue weighted by Crippen LogP contribution is -2.15. The van der Waals surface area contributed by atoms with Gasteiger partial charge in [0.05, 0.1) is 48.9 Å². The maximum absolute atomic E-state index is 12.2. The topological polar surface area (TPSA) is 128 Å². The lowest BCUT2D eigenvalue weighted by atomic mass is 10.1. The van der Waals surface area contributed by atoms with Gasteiger partial charge in [-0.3, -0.25) is 14.5 Å². The van der Waals surface area contributed by atoms with Crippen molar-refractivity contribution in [3.8, 4) is 23.3 Å². The molecule has 32 heavy (non-hydrogen) atoms. The molecule has 4 rings (SSSR count). The molecule has 0 unspecified atom stereocenters. The molecule has 0 aliphatic heterocycles. The number of amides is 1. The van der Waals surface area contributed by atoms with E-state index < -0.39 is 0 Å². The van der Waals surface area contributed by atoms with Crippen molar-refractivity contribution in [3.05, 3.63) is 60.6 Å². The molecule has 0 aliphatic carbocycles. The van der Waals surface area contributed by atoms with Crippen LogP contribution in [-0.4, -0.2) is 37.7 Å². The Bertz CT molecular complexity index is 1310. The number of fused-ring (bicyclic) bond motifs is 1. The number of anilines is 1. The van der Waals surface area contributed by atoms with Gasteiger partial charge in [0.2, 0.25) is 5.91 Å². The van der Waals surface area contributed by atoms with Crippen LogP contribution in [0.2, 0.25) is 0 Å². The molecule has 1 amide bonds. The van der Waals surface area contributed by atoms with E-state index in [9.17, 15) is 10.1 Å². The number of carbonyl (C=O) groups is 1. The molecule has 4 aromatic rings. The summed E-state index contributed by atoms with van der Waals surface area (Å²) in [5.41, 5.74) is 1.62. The summed E-state index contributed by atoms with van der Waals surface area (Å²) in [5.74, 6) is 1.44. The predicted octanol–water partition coefficient (Wildman–Crippen LogP) is 3.09. The minimum absolute atomic E-state index is 0.0150. The monoisotopic (exact) mass is 429 g/mol. The fourth-order valence-corrected chi connectivity index (χ4v) is 3.06. The van der Waals surface area contributed by atoms with E-state index in [-0.39, 0.29) is 12.3 Å². The third-order valence-electron chi connectivity index (χ3n) is 4.61. The Kier molecular flexibility index (Phi) is 5.89. The highest BCUT2D eigenvalue weighted by atomic mass is 16.5. The normalized spacial score (nSPS) is 10.5. The number of nitrogens with zero attached hydrogens (tertiary/aromatic N) is 6. The molecule has 1 N–H and O–H groups in total. The van der Waals surface area contributed by atoms with Crippen molar-refractivity contribution in [2.24, 2.45) is 0 Å². The van der Waals surface area contributed by atoms with Crippen LogP contribution in [0.5, 0.6) is 17.2 Å². The molecule has 0 fully saturated rings. The van der Waals surface area contributed by atoms with E-state index in [1.165, 1.54) is 19.5 Å². The molecule has 0 aliphatic rings. The van der Waals surface area contributed by atoms with Crippen molar-refractivity contribution in [1.29, 1.82) is 5.26 Å². The first kappa shape index (κ1) is 20.7. The summed E-state index contributed by atoms with van der Waals surface area (Å²) in [4.78, 5) is 24.9. The Balaban J connectivity index is 1.47. The van der Waals surface area contributed by atoms with Crippen molar-refractivity contribution in [1.82, 2.24) is 24.7 Å². The number of nitriles is 1. The Morgan fingerprint density at radius 1 is 1.19 bits per heavy atom. The van der Waals surface area contributed by atoms with Gasteiger partial charge in [0.25, 0.3) is 0 Å². The Morgan fingerprint density at radius 3 is 2.69 bits per heavy atom. The van der Waals surface area contributed by atoms with E-state index in [0.717, 1.165) is 6.54 Å². The van der Waals surface area contributed by atoms with E-state index in [4.69, 9.17) is 9.47 Å².